The van der Waals surface area contributed by atoms with Crippen LogP contribution in [0.4, 0.5) is 0 Å². The van der Waals surface area contributed by atoms with Crippen molar-refractivity contribution in [2.75, 3.05) is 0 Å². The predicted octanol–water partition coefficient (Wildman–Crippen LogP) is 5.43. The Morgan fingerprint density at radius 3 is 2.42 bits per heavy atom. The van der Waals surface area contributed by atoms with Crippen LogP contribution in [0.25, 0.3) is 0 Å². The largest absolute Gasteiger partial charge is 0.448 e. The standard InChI is InChI=1S/C28H44O5/c1-17(2)18(3)7-8-19(4)22-9-10-23-21(24(30)12-13-27(22,23)5)16-26(32)33-28(6)14-11-20(29)15-25(28)31/h16-20,22-23,29H,7-15H2,1-6H3/b21-16-/t18-,19+,20+,22+,23-,27+,28+/m0/s1. The van der Waals surface area contributed by atoms with Crippen LogP contribution in [-0.2, 0) is 19.1 Å². The third-order valence-electron chi connectivity index (χ3n) is 9.46. The Morgan fingerprint density at radius 2 is 1.79 bits per heavy atom. The van der Waals surface area contributed by atoms with E-state index in [-0.39, 0.29) is 29.3 Å². The summed E-state index contributed by atoms with van der Waals surface area (Å²) < 4.78 is 5.61. The van der Waals surface area contributed by atoms with Gasteiger partial charge in [0.2, 0.25) is 0 Å². The van der Waals surface area contributed by atoms with Crippen molar-refractivity contribution in [3.8, 4) is 0 Å². The van der Waals surface area contributed by atoms with E-state index >= 15 is 0 Å². The number of carbonyl (C=O) groups is 3. The first kappa shape index (κ1) is 26.1. The Kier molecular flexibility index (Phi) is 7.93. The molecule has 3 saturated carbocycles. The molecule has 0 aliphatic heterocycles. The highest BCUT2D eigenvalue weighted by Gasteiger charge is 2.53. The van der Waals surface area contributed by atoms with Crippen molar-refractivity contribution in [2.24, 2.45) is 35.0 Å². The summed E-state index contributed by atoms with van der Waals surface area (Å²) in [5.74, 6) is 1.82. The van der Waals surface area contributed by atoms with E-state index in [1.54, 1.807) is 6.92 Å². The van der Waals surface area contributed by atoms with Gasteiger partial charge in [0.05, 0.1) is 6.10 Å². The molecule has 7 atom stereocenters. The van der Waals surface area contributed by atoms with Gasteiger partial charge in [0, 0.05) is 24.5 Å². The highest BCUT2D eigenvalue weighted by Crippen LogP contribution is 2.59. The molecule has 0 aromatic rings. The number of hydrogen-bond donors (Lipinski definition) is 1. The Bertz CT molecular complexity index is 798. The van der Waals surface area contributed by atoms with Gasteiger partial charge in [0.25, 0.3) is 0 Å². The number of Topliss-reactive ketones (excluding diaryl/α,β-unsaturated/α-hetero) is 2. The van der Waals surface area contributed by atoms with Crippen molar-refractivity contribution < 1.29 is 24.2 Å². The molecule has 5 heteroatoms. The van der Waals surface area contributed by atoms with Crippen LogP contribution in [0.15, 0.2) is 11.6 Å². The van der Waals surface area contributed by atoms with Crippen molar-refractivity contribution in [3.05, 3.63) is 11.6 Å². The number of allylic oxidation sites excluding steroid dienone is 1. The zero-order valence-corrected chi connectivity index (χ0v) is 21.5. The Morgan fingerprint density at radius 1 is 1.09 bits per heavy atom. The number of rotatable bonds is 7. The molecule has 0 radical (unpaired) electrons. The number of ether oxygens (including phenoxy) is 1. The minimum atomic E-state index is -1.21. The molecule has 3 aliphatic carbocycles. The molecule has 3 fully saturated rings. The summed E-state index contributed by atoms with van der Waals surface area (Å²) in [7, 11) is 0. The number of hydrogen-bond acceptors (Lipinski definition) is 5. The Hall–Kier alpha value is -1.49. The molecule has 1 N–H and O–H groups in total. The molecule has 33 heavy (non-hydrogen) atoms. The highest BCUT2D eigenvalue weighted by atomic mass is 16.6. The molecule has 0 unspecified atom stereocenters. The van der Waals surface area contributed by atoms with E-state index in [4.69, 9.17) is 4.74 Å². The molecule has 5 nitrogen and oxygen atoms in total. The second-order valence-corrected chi connectivity index (χ2v) is 12.0. The average Bonchev–Trinajstić information content (AvgIpc) is 3.09. The fourth-order valence-corrected chi connectivity index (χ4v) is 6.63. The van der Waals surface area contributed by atoms with E-state index in [0.29, 0.717) is 48.5 Å². The van der Waals surface area contributed by atoms with E-state index in [0.717, 1.165) is 19.3 Å². The van der Waals surface area contributed by atoms with Gasteiger partial charge in [-0.05, 0) is 74.0 Å². The summed E-state index contributed by atoms with van der Waals surface area (Å²) in [5.41, 5.74) is -0.588. The summed E-state index contributed by atoms with van der Waals surface area (Å²) in [6.45, 7) is 13.2. The summed E-state index contributed by atoms with van der Waals surface area (Å²) in [6, 6.07) is 0. The summed E-state index contributed by atoms with van der Waals surface area (Å²) in [5, 5.41) is 9.72. The van der Waals surface area contributed by atoms with Gasteiger partial charge in [-0.1, -0.05) is 47.5 Å². The number of aliphatic hydroxyl groups is 1. The molecule has 186 valence electrons. The fourth-order valence-electron chi connectivity index (χ4n) is 6.63. The maximum absolute atomic E-state index is 12.9. The summed E-state index contributed by atoms with van der Waals surface area (Å²) in [6.07, 6.45) is 7.28. The van der Waals surface area contributed by atoms with Crippen LogP contribution in [0, 0.1) is 35.0 Å². The van der Waals surface area contributed by atoms with Crippen molar-refractivity contribution in [1.29, 1.82) is 0 Å². The first-order valence-electron chi connectivity index (χ1n) is 13.1. The lowest BCUT2D eigenvalue weighted by atomic mass is 9.60. The van der Waals surface area contributed by atoms with Crippen LogP contribution in [0.5, 0.6) is 0 Å². The topological polar surface area (TPSA) is 80.7 Å². The molecule has 0 aromatic carbocycles. The van der Waals surface area contributed by atoms with E-state index in [1.165, 1.54) is 18.9 Å². The number of ketones is 2. The SMILES string of the molecule is CC(C)[C@@H](C)CC[C@@H](C)[C@H]1CC[C@H]2/C(=C/C(=O)O[C@]3(C)CC[C@@H](O)CC3=O)C(=O)CC[C@]12C. The fraction of sp³-hybridized carbons (Fsp3) is 0.821. The van der Waals surface area contributed by atoms with Crippen LogP contribution in [0.2, 0.25) is 0 Å². The first-order valence-corrected chi connectivity index (χ1v) is 13.1. The van der Waals surface area contributed by atoms with Gasteiger partial charge in [-0.2, -0.15) is 0 Å². The van der Waals surface area contributed by atoms with Crippen LogP contribution >= 0.6 is 0 Å². The number of aliphatic hydroxyl groups excluding tert-OH is 1. The molecular weight excluding hydrogens is 416 g/mol. The van der Waals surface area contributed by atoms with E-state index < -0.39 is 17.7 Å². The van der Waals surface area contributed by atoms with Crippen molar-refractivity contribution in [3.63, 3.8) is 0 Å². The lowest BCUT2D eigenvalue weighted by Crippen LogP contribution is -2.46. The Labute approximate surface area is 199 Å². The normalized spacial score (nSPS) is 37.8. The molecule has 0 aromatic heterocycles. The minimum absolute atomic E-state index is 0.00890. The minimum Gasteiger partial charge on any atom is -0.448 e. The lowest BCUT2D eigenvalue weighted by molar-refractivity contribution is -0.167. The van der Waals surface area contributed by atoms with Gasteiger partial charge in [-0.15, -0.1) is 0 Å². The van der Waals surface area contributed by atoms with E-state index in [2.05, 4.69) is 34.6 Å². The maximum Gasteiger partial charge on any atom is 0.332 e. The predicted molar refractivity (Wildman–Crippen MR) is 128 cm³/mol. The smallest absolute Gasteiger partial charge is 0.332 e. The van der Waals surface area contributed by atoms with Crippen LogP contribution in [0.3, 0.4) is 0 Å². The van der Waals surface area contributed by atoms with E-state index in [9.17, 15) is 19.5 Å². The van der Waals surface area contributed by atoms with Gasteiger partial charge < -0.3 is 9.84 Å². The van der Waals surface area contributed by atoms with Crippen LogP contribution in [-0.4, -0.2) is 34.3 Å². The summed E-state index contributed by atoms with van der Waals surface area (Å²) >= 11 is 0. The van der Waals surface area contributed by atoms with Gasteiger partial charge in [0.1, 0.15) is 0 Å². The molecule has 3 rings (SSSR count). The molecular formula is C28H44O5. The van der Waals surface area contributed by atoms with Gasteiger partial charge in [0.15, 0.2) is 17.2 Å². The zero-order valence-electron chi connectivity index (χ0n) is 21.5. The summed E-state index contributed by atoms with van der Waals surface area (Å²) in [4.78, 5) is 38.1. The van der Waals surface area contributed by atoms with Gasteiger partial charge >= 0.3 is 5.97 Å². The van der Waals surface area contributed by atoms with E-state index in [1.807, 2.05) is 0 Å². The molecule has 0 amide bonds. The third kappa shape index (κ3) is 5.44. The van der Waals surface area contributed by atoms with Crippen molar-refractivity contribution >= 4 is 17.5 Å². The van der Waals surface area contributed by atoms with Gasteiger partial charge in [-0.25, -0.2) is 4.79 Å². The lowest BCUT2D eigenvalue weighted by Gasteiger charge is -2.44. The monoisotopic (exact) mass is 460 g/mol. The number of carbonyl (C=O) groups excluding carboxylic acids is 3. The average molecular weight is 461 g/mol. The second kappa shape index (κ2) is 10.0. The maximum atomic E-state index is 12.9. The zero-order chi connectivity index (χ0) is 24.6. The van der Waals surface area contributed by atoms with Crippen molar-refractivity contribution in [2.45, 2.75) is 111 Å². The molecule has 0 heterocycles. The molecule has 0 spiro atoms. The van der Waals surface area contributed by atoms with Gasteiger partial charge in [-0.3, -0.25) is 9.59 Å². The Balaban J connectivity index is 1.72. The highest BCUT2D eigenvalue weighted by molar-refractivity contribution is 6.02. The second-order valence-electron chi connectivity index (χ2n) is 12.0. The molecule has 0 saturated heterocycles. The third-order valence-corrected chi connectivity index (χ3v) is 9.46. The van der Waals surface area contributed by atoms with Crippen molar-refractivity contribution in [1.82, 2.24) is 0 Å². The first-order chi connectivity index (χ1) is 15.4. The number of esters is 1. The van der Waals surface area contributed by atoms with Crippen LogP contribution in [0.1, 0.15) is 99.3 Å². The molecule has 3 aliphatic rings. The quantitative estimate of drug-likeness (QED) is 0.405. The molecule has 0 bridgehead atoms. The van der Waals surface area contributed by atoms with Crippen LogP contribution < -0.4 is 0 Å². The number of fused-ring (bicyclic) bond motifs is 1.